The number of amidine groups is 1. The highest BCUT2D eigenvalue weighted by molar-refractivity contribution is 5.97. The summed E-state index contributed by atoms with van der Waals surface area (Å²) in [7, 11) is 0. The Labute approximate surface area is 202 Å². The van der Waals surface area contributed by atoms with Crippen LogP contribution in [0.1, 0.15) is 64.5 Å². The molecule has 2 amide bonds. The summed E-state index contributed by atoms with van der Waals surface area (Å²) in [6, 6.07) is 2.38. The summed E-state index contributed by atoms with van der Waals surface area (Å²) in [6.45, 7) is -1.37. The maximum atomic E-state index is 13.8. The fourth-order valence-electron chi connectivity index (χ4n) is 3.15. The molecule has 1 aliphatic carbocycles. The van der Waals surface area contributed by atoms with Gasteiger partial charge in [0.2, 0.25) is 11.8 Å². The molecule has 10 heteroatoms. The quantitative estimate of drug-likeness (QED) is 0.158. The van der Waals surface area contributed by atoms with Gasteiger partial charge >= 0.3 is 5.97 Å². The molecule has 0 aromatic heterocycles. The monoisotopic (exact) mass is 456 g/mol. The first-order valence-electron chi connectivity index (χ1n) is 15.1. The molecular weight excluding hydrogens is 414 g/mol. The lowest BCUT2D eigenvalue weighted by molar-refractivity contribution is -0.150. The van der Waals surface area contributed by atoms with E-state index in [1.54, 1.807) is 12.1 Å². The maximum absolute atomic E-state index is 13.8. The fraction of sp³-hybridized carbons (Fsp3) is 0.545. The largest absolute Gasteiger partial charge is 0.480 e. The van der Waals surface area contributed by atoms with Gasteiger partial charge in [0.15, 0.2) is 5.84 Å². The normalized spacial score (nSPS) is 34.2. The van der Waals surface area contributed by atoms with Crippen LogP contribution in [0.25, 0.3) is 0 Å². The molecule has 6 N–H and O–H groups in total. The third-order valence-corrected chi connectivity index (χ3v) is 4.94. The number of likely N-dealkylation sites (tertiary alicyclic amines) is 1. The van der Waals surface area contributed by atoms with Gasteiger partial charge in [-0.2, -0.15) is 0 Å². The number of carboxylic acids is 1. The zero-order valence-electron chi connectivity index (χ0n) is 27.9. The van der Waals surface area contributed by atoms with Crippen LogP contribution in [0.2, 0.25) is 0 Å². The van der Waals surface area contributed by atoms with E-state index in [9.17, 15) is 19.5 Å². The number of carboxylic acid groups (broad SMARTS) is 1. The number of carbonyl (C=O) groups is 3. The number of oxime groups is 1. The standard InChI is InChI=1S/C22H31N5O5/c23-20(26-32)16-8-6-14(7-9-16)12-25-21(30)17-10-11-27(17)22(31)19(24-13-18(28)29)15-4-2-1-3-5-15/h6-9,15,17,19,24,32H,1-5,10-13H2,(H2,23,26)(H,25,30)(H,28,29)/t17-,19+/m0/s1/i1D2,2D2,3D2,4D2,5D2,15D. The molecule has 2 aliphatic rings. The van der Waals surface area contributed by atoms with Gasteiger partial charge in [-0.3, -0.25) is 19.7 Å². The first kappa shape index (κ1) is 12.8. The van der Waals surface area contributed by atoms with Gasteiger partial charge in [0.05, 0.1) is 12.6 Å². The van der Waals surface area contributed by atoms with E-state index in [0.717, 1.165) is 4.90 Å². The van der Waals surface area contributed by atoms with E-state index in [1.165, 1.54) is 12.1 Å². The zero-order chi connectivity index (χ0) is 33.0. The average Bonchev–Trinajstić information content (AvgIpc) is 2.89. The number of carbonyl (C=O) groups excluding carboxylic acids is 2. The van der Waals surface area contributed by atoms with E-state index in [2.05, 4.69) is 10.5 Å². The topological polar surface area (TPSA) is 157 Å². The van der Waals surface area contributed by atoms with Crippen LogP contribution in [0.15, 0.2) is 29.4 Å². The van der Waals surface area contributed by atoms with Gasteiger partial charge in [-0.15, -0.1) is 0 Å². The Kier molecular flexibility index (Phi) is 4.37. The molecule has 2 atom stereocenters. The summed E-state index contributed by atoms with van der Waals surface area (Å²) in [6.07, 6.45) is -19.4. The molecule has 3 rings (SSSR count). The number of rotatable bonds is 9. The van der Waals surface area contributed by atoms with Gasteiger partial charge in [-0.05, 0) is 30.6 Å². The van der Waals surface area contributed by atoms with Crippen molar-refractivity contribution in [2.45, 2.75) is 56.9 Å². The van der Waals surface area contributed by atoms with E-state index < -0.39 is 74.2 Å². The molecule has 0 unspecified atom stereocenters. The van der Waals surface area contributed by atoms with Crippen molar-refractivity contribution in [1.29, 1.82) is 0 Å². The van der Waals surface area contributed by atoms with Crippen LogP contribution >= 0.6 is 0 Å². The number of nitrogens with two attached hydrogens (primary N) is 1. The smallest absolute Gasteiger partial charge is 0.317 e. The second-order valence-corrected chi connectivity index (χ2v) is 6.98. The van der Waals surface area contributed by atoms with Gasteiger partial charge in [0.25, 0.3) is 0 Å². The highest BCUT2D eigenvalue weighted by Crippen LogP contribution is 2.29. The summed E-state index contributed by atoms with van der Waals surface area (Å²) in [5.41, 5.74) is 6.49. The van der Waals surface area contributed by atoms with E-state index in [0.29, 0.717) is 11.1 Å². The summed E-state index contributed by atoms with van der Waals surface area (Å²) in [5, 5.41) is 25.5. The van der Waals surface area contributed by atoms with E-state index in [4.69, 9.17) is 26.0 Å². The summed E-state index contributed by atoms with van der Waals surface area (Å²) >= 11 is 0. The zero-order valence-corrected chi connectivity index (χ0v) is 16.9. The van der Waals surface area contributed by atoms with Crippen molar-refractivity contribution >= 4 is 23.6 Å². The fourth-order valence-corrected chi connectivity index (χ4v) is 3.15. The molecule has 1 aromatic carbocycles. The van der Waals surface area contributed by atoms with Crippen molar-refractivity contribution in [2.75, 3.05) is 13.1 Å². The second-order valence-electron chi connectivity index (χ2n) is 6.98. The van der Waals surface area contributed by atoms with Crippen LogP contribution in [0.5, 0.6) is 0 Å². The van der Waals surface area contributed by atoms with Crippen molar-refractivity contribution in [3.8, 4) is 0 Å². The Hall–Kier alpha value is -3.14. The Morgan fingerprint density at radius 3 is 2.50 bits per heavy atom. The molecule has 1 saturated carbocycles. The molecule has 1 aromatic rings. The van der Waals surface area contributed by atoms with Gasteiger partial charge in [-0.1, -0.05) is 48.5 Å². The lowest BCUT2D eigenvalue weighted by Crippen LogP contribution is -2.63. The van der Waals surface area contributed by atoms with Gasteiger partial charge < -0.3 is 26.3 Å². The molecule has 174 valence electrons. The average molecular weight is 457 g/mol. The van der Waals surface area contributed by atoms with Crippen molar-refractivity contribution in [2.24, 2.45) is 16.8 Å². The second kappa shape index (κ2) is 10.9. The Bertz CT molecular complexity index is 1280. The SMILES string of the molecule is [2H]C1([2H])C([2H])([2H])C([2H])([2H])C([2H])([C@@H](NCC(=O)O)C(=O)N2CC[C@H]2C(=O)NCc2ccc(C(N)=NO)cc2)C([2H])([2H])C1([2H])[2H]. The number of hydrogen-bond acceptors (Lipinski definition) is 6. The van der Waals surface area contributed by atoms with Crippen LogP contribution in [-0.4, -0.2) is 64.0 Å². The van der Waals surface area contributed by atoms with Crippen LogP contribution in [0, 0.1) is 5.89 Å². The number of amides is 2. The number of hydrogen-bond donors (Lipinski definition) is 5. The Morgan fingerprint density at radius 1 is 1.25 bits per heavy atom. The van der Waals surface area contributed by atoms with Crippen molar-refractivity contribution in [3.63, 3.8) is 0 Å². The first-order valence-corrected chi connectivity index (χ1v) is 9.64. The van der Waals surface area contributed by atoms with E-state index in [1.807, 2.05) is 5.32 Å². The van der Waals surface area contributed by atoms with Gasteiger partial charge in [0.1, 0.15) is 6.04 Å². The minimum Gasteiger partial charge on any atom is -0.480 e. The lowest BCUT2D eigenvalue weighted by atomic mass is 9.82. The third-order valence-electron chi connectivity index (χ3n) is 4.94. The third kappa shape index (κ3) is 5.76. The maximum Gasteiger partial charge on any atom is 0.317 e. The van der Waals surface area contributed by atoms with Crippen LogP contribution in [0.3, 0.4) is 0 Å². The molecule has 1 saturated heterocycles. The van der Waals surface area contributed by atoms with E-state index >= 15 is 0 Å². The summed E-state index contributed by atoms with van der Waals surface area (Å²) in [4.78, 5) is 38.9. The Balaban J connectivity index is 1.94. The number of nitrogens with one attached hydrogen (secondary N) is 2. The minimum atomic E-state index is -3.93. The van der Waals surface area contributed by atoms with E-state index in [-0.39, 0.29) is 25.3 Å². The van der Waals surface area contributed by atoms with Gasteiger partial charge in [0, 0.05) is 33.7 Å². The molecule has 2 fully saturated rings. The predicted molar refractivity (Wildman–Crippen MR) is 117 cm³/mol. The van der Waals surface area contributed by atoms with Gasteiger partial charge in [-0.25, -0.2) is 0 Å². The molecule has 32 heavy (non-hydrogen) atoms. The number of aliphatic carboxylic acids is 1. The minimum absolute atomic E-state index is 0.0442. The van der Waals surface area contributed by atoms with Crippen LogP contribution in [0.4, 0.5) is 0 Å². The molecule has 1 aliphatic heterocycles. The first-order chi connectivity index (χ1) is 19.5. The van der Waals surface area contributed by atoms with Crippen LogP contribution < -0.4 is 16.4 Å². The number of nitrogens with zero attached hydrogens (tertiary/aromatic N) is 2. The lowest BCUT2D eigenvalue weighted by Gasteiger charge is -2.43. The highest BCUT2D eigenvalue weighted by atomic mass is 16.4. The number of benzene rings is 1. The van der Waals surface area contributed by atoms with Crippen molar-refractivity contribution < 1.29 is 39.8 Å². The molecule has 10 nitrogen and oxygen atoms in total. The molecule has 1 heterocycles. The summed E-state index contributed by atoms with van der Waals surface area (Å²) in [5.74, 6) is -7.64. The Morgan fingerprint density at radius 2 is 1.94 bits per heavy atom. The molecule has 0 spiro atoms. The predicted octanol–water partition coefficient (Wildman–Crippen LogP) is 0.621. The highest BCUT2D eigenvalue weighted by Gasteiger charge is 2.42. The van der Waals surface area contributed by atoms with Crippen molar-refractivity contribution in [1.82, 2.24) is 15.5 Å². The molecule has 0 radical (unpaired) electrons. The summed E-state index contributed by atoms with van der Waals surface area (Å²) < 4.78 is 91.3. The van der Waals surface area contributed by atoms with Crippen molar-refractivity contribution in [3.05, 3.63) is 35.4 Å². The molecular formula is C22H31N5O5. The molecule has 0 bridgehead atoms. The van der Waals surface area contributed by atoms with Crippen LogP contribution in [-0.2, 0) is 20.9 Å².